The number of benzene rings is 2. The van der Waals surface area contributed by atoms with Crippen molar-refractivity contribution < 1.29 is 33.4 Å². The maximum atomic E-state index is 12.9. The van der Waals surface area contributed by atoms with E-state index in [1.165, 1.54) is 19.2 Å². The van der Waals surface area contributed by atoms with Crippen LogP contribution in [-0.4, -0.2) is 59.9 Å². The zero-order valence-electron chi connectivity index (χ0n) is 21.9. The van der Waals surface area contributed by atoms with E-state index in [9.17, 15) is 23.9 Å². The minimum absolute atomic E-state index is 0.0493. The Morgan fingerprint density at radius 2 is 1.82 bits per heavy atom. The number of anilines is 1. The molecule has 38 heavy (non-hydrogen) atoms. The molecule has 5 rings (SSSR count). The van der Waals surface area contributed by atoms with Crippen LogP contribution in [0.1, 0.15) is 66.4 Å². The molecule has 1 aliphatic carbocycles. The Bertz CT molecular complexity index is 1260. The van der Waals surface area contributed by atoms with Crippen LogP contribution in [0.25, 0.3) is 0 Å². The molecule has 2 aromatic rings. The molecule has 10 heteroatoms. The normalized spacial score (nSPS) is 19.7. The summed E-state index contributed by atoms with van der Waals surface area (Å²) in [5, 5.41) is -0.0493. The van der Waals surface area contributed by atoms with Crippen LogP contribution in [0.4, 0.5) is 5.69 Å². The standard InChI is InChI=1S/C28H35N2O7P/c1-3-37-25-15-24(27(32)36-2)23(19-4-5-19)14-20(25)17-29-12-10-28(11-13-29)16-26(31)30(18-28)21-6-8-22(9-7-21)38(33,34)35/h6-9,14-15,19H,3-5,10-13,16-18H2,1-2H3,(H2,33,34,35). The van der Waals surface area contributed by atoms with Crippen LogP contribution in [-0.2, 0) is 20.6 Å². The second-order valence-corrected chi connectivity index (χ2v) is 12.3. The number of carbonyl (C=O) groups excluding carboxylic acids is 2. The molecule has 1 amide bonds. The second-order valence-electron chi connectivity index (χ2n) is 10.7. The molecule has 1 spiro atoms. The number of esters is 1. The van der Waals surface area contributed by atoms with Crippen molar-refractivity contribution in [2.24, 2.45) is 5.41 Å². The number of ether oxygens (including phenoxy) is 2. The largest absolute Gasteiger partial charge is 0.494 e. The van der Waals surface area contributed by atoms with Crippen LogP contribution < -0.4 is 14.9 Å². The maximum Gasteiger partial charge on any atom is 0.356 e. The molecule has 3 fully saturated rings. The number of nitrogens with zero attached hydrogens (tertiary/aromatic N) is 2. The highest BCUT2D eigenvalue weighted by Gasteiger charge is 2.45. The second kappa shape index (κ2) is 10.5. The fraction of sp³-hybridized carbons (Fsp3) is 0.500. The van der Waals surface area contributed by atoms with E-state index in [1.54, 1.807) is 17.0 Å². The third-order valence-electron chi connectivity index (χ3n) is 8.08. The van der Waals surface area contributed by atoms with Gasteiger partial charge in [0.1, 0.15) is 5.75 Å². The number of rotatable bonds is 8. The van der Waals surface area contributed by atoms with Gasteiger partial charge in [-0.15, -0.1) is 0 Å². The molecule has 0 bridgehead atoms. The average molecular weight is 543 g/mol. The Morgan fingerprint density at radius 1 is 1.13 bits per heavy atom. The average Bonchev–Trinajstić information content (AvgIpc) is 3.69. The lowest BCUT2D eigenvalue weighted by Gasteiger charge is -2.39. The molecule has 2 heterocycles. The van der Waals surface area contributed by atoms with Crippen LogP contribution in [0, 0.1) is 5.41 Å². The summed E-state index contributed by atoms with van der Waals surface area (Å²) in [5.41, 5.74) is 3.29. The highest BCUT2D eigenvalue weighted by Crippen LogP contribution is 2.45. The number of piperidine rings is 1. The Morgan fingerprint density at radius 3 is 2.39 bits per heavy atom. The van der Waals surface area contributed by atoms with Gasteiger partial charge in [0.15, 0.2) is 0 Å². The van der Waals surface area contributed by atoms with Gasteiger partial charge in [0, 0.05) is 30.8 Å². The number of hydrogen-bond donors (Lipinski definition) is 2. The molecule has 204 valence electrons. The van der Waals surface area contributed by atoms with E-state index in [1.807, 2.05) is 13.0 Å². The first-order chi connectivity index (χ1) is 18.1. The molecule has 2 saturated heterocycles. The lowest BCUT2D eigenvalue weighted by Crippen LogP contribution is -2.41. The van der Waals surface area contributed by atoms with Crippen molar-refractivity contribution in [3.63, 3.8) is 0 Å². The van der Waals surface area contributed by atoms with Crippen LogP contribution in [0.5, 0.6) is 5.75 Å². The first-order valence-corrected chi connectivity index (χ1v) is 14.8. The van der Waals surface area contributed by atoms with Crippen LogP contribution in [0.2, 0.25) is 0 Å². The van der Waals surface area contributed by atoms with Crippen LogP contribution >= 0.6 is 7.60 Å². The molecule has 0 atom stereocenters. The Balaban J connectivity index is 1.27. The topological polar surface area (TPSA) is 117 Å². The van der Waals surface area contributed by atoms with E-state index < -0.39 is 7.60 Å². The van der Waals surface area contributed by atoms with Gasteiger partial charge in [0.25, 0.3) is 0 Å². The van der Waals surface area contributed by atoms with Crippen LogP contribution in [0.3, 0.4) is 0 Å². The van der Waals surface area contributed by atoms with E-state index in [-0.39, 0.29) is 22.6 Å². The maximum absolute atomic E-state index is 12.9. The monoisotopic (exact) mass is 542 g/mol. The highest BCUT2D eigenvalue weighted by atomic mass is 31.2. The Hall–Kier alpha value is -2.71. The van der Waals surface area contributed by atoms with Crippen molar-refractivity contribution >= 4 is 30.5 Å². The van der Waals surface area contributed by atoms with Gasteiger partial charge in [-0.25, -0.2) is 4.79 Å². The zero-order chi connectivity index (χ0) is 27.1. The van der Waals surface area contributed by atoms with E-state index in [2.05, 4.69) is 11.0 Å². The van der Waals surface area contributed by atoms with Gasteiger partial charge < -0.3 is 24.2 Å². The molecular weight excluding hydrogens is 507 g/mol. The first kappa shape index (κ1) is 26.9. The van der Waals surface area contributed by atoms with Gasteiger partial charge in [-0.1, -0.05) is 0 Å². The van der Waals surface area contributed by atoms with Crippen molar-refractivity contribution in [1.29, 1.82) is 0 Å². The minimum Gasteiger partial charge on any atom is -0.494 e. The summed E-state index contributed by atoms with van der Waals surface area (Å²) in [6, 6.07) is 10.00. The summed E-state index contributed by atoms with van der Waals surface area (Å²) < 4.78 is 22.5. The fourth-order valence-electron chi connectivity index (χ4n) is 5.80. The fourth-order valence-corrected chi connectivity index (χ4v) is 6.33. The highest BCUT2D eigenvalue weighted by molar-refractivity contribution is 7.60. The molecule has 0 radical (unpaired) electrons. The number of carbonyl (C=O) groups is 2. The van der Waals surface area contributed by atoms with Crippen molar-refractivity contribution in [1.82, 2.24) is 4.90 Å². The van der Waals surface area contributed by atoms with Gasteiger partial charge in [0.05, 0.1) is 24.6 Å². The van der Waals surface area contributed by atoms with E-state index >= 15 is 0 Å². The zero-order valence-corrected chi connectivity index (χ0v) is 22.8. The van der Waals surface area contributed by atoms with Crippen molar-refractivity contribution in [2.45, 2.75) is 51.5 Å². The molecule has 2 N–H and O–H groups in total. The third kappa shape index (κ3) is 5.52. The van der Waals surface area contributed by atoms with Gasteiger partial charge in [0.2, 0.25) is 5.91 Å². The van der Waals surface area contributed by atoms with Crippen molar-refractivity contribution in [3.05, 3.63) is 53.1 Å². The van der Waals surface area contributed by atoms with Gasteiger partial charge in [-0.2, -0.15) is 0 Å². The minimum atomic E-state index is -4.32. The first-order valence-electron chi connectivity index (χ1n) is 13.2. The third-order valence-corrected chi connectivity index (χ3v) is 9.06. The molecule has 9 nitrogen and oxygen atoms in total. The van der Waals surface area contributed by atoms with Gasteiger partial charge in [-0.3, -0.25) is 14.3 Å². The number of likely N-dealkylation sites (tertiary alicyclic amines) is 1. The molecular formula is C28H35N2O7P. The van der Waals surface area contributed by atoms with E-state index in [4.69, 9.17) is 9.47 Å². The van der Waals surface area contributed by atoms with Crippen LogP contribution in [0.15, 0.2) is 36.4 Å². The molecule has 1 saturated carbocycles. The summed E-state index contributed by atoms with van der Waals surface area (Å²) >= 11 is 0. The number of hydrogen-bond acceptors (Lipinski definition) is 6. The lowest BCUT2D eigenvalue weighted by atomic mass is 9.77. The lowest BCUT2D eigenvalue weighted by molar-refractivity contribution is -0.118. The summed E-state index contributed by atoms with van der Waals surface area (Å²) in [7, 11) is -2.91. The molecule has 0 aromatic heterocycles. The van der Waals surface area contributed by atoms with Crippen molar-refractivity contribution in [3.8, 4) is 5.75 Å². The van der Waals surface area contributed by atoms with E-state index in [0.717, 1.165) is 55.6 Å². The predicted molar refractivity (Wildman–Crippen MR) is 143 cm³/mol. The number of amides is 1. The summed E-state index contributed by atoms with van der Waals surface area (Å²) in [6.45, 7) is 5.46. The van der Waals surface area contributed by atoms with Crippen molar-refractivity contribution in [2.75, 3.05) is 38.3 Å². The van der Waals surface area contributed by atoms with E-state index in [0.29, 0.717) is 43.3 Å². The quantitative estimate of drug-likeness (QED) is 0.384. The van der Waals surface area contributed by atoms with Gasteiger partial charge >= 0.3 is 13.6 Å². The molecule has 2 aromatic carbocycles. The summed E-state index contributed by atoms with van der Waals surface area (Å²) in [5.74, 6) is 0.840. The number of methoxy groups -OCH3 is 1. The molecule has 2 aliphatic heterocycles. The van der Waals surface area contributed by atoms with Gasteiger partial charge in [-0.05, 0) is 99.0 Å². The SMILES string of the molecule is CCOc1cc(C(=O)OC)c(C2CC2)cc1CN1CCC2(CC1)CC(=O)N(c1ccc(P(=O)(O)O)cc1)C2. The molecule has 3 aliphatic rings. The summed E-state index contributed by atoms with van der Waals surface area (Å²) in [4.78, 5) is 48.2. The Kier molecular flexibility index (Phi) is 7.40. The smallest absolute Gasteiger partial charge is 0.356 e. The Labute approximate surface area is 222 Å². The predicted octanol–water partition coefficient (Wildman–Crippen LogP) is 3.57. The summed E-state index contributed by atoms with van der Waals surface area (Å²) in [6.07, 6.45) is 4.41. The molecule has 0 unspecified atom stereocenters.